The molecule has 0 spiro atoms. The number of aryl methyl sites for hydroxylation is 1. The topological polar surface area (TPSA) is 35.6 Å². The molecule has 0 bridgehead atoms. The fourth-order valence-electron chi connectivity index (χ4n) is 3.19. The zero-order valence-electron chi connectivity index (χ0n) is 14.3. The average Bonchev–Trinajstić information content (AvgIpc) is 2.54. The summed E-state index contributed by atoms with van der Waals surface area (Å²) in [6.45, 7) is 6.35. The van der Waals surface area contributed by atoms with Gasteiger partial charge in [0, 0.05) is 13.1 Å². The number of amides is 2. The molecule has 1 fully saturated rings. The molecule has 0 aromatic heterocycles. The number of likely N-dealkylation sites (tertiary alicyclic amines) is 1. The zero-order valence-corrected chi connectivity index (χ0v) is 14.3. The van der Waals surface area contributed by atoms with Crippen molar-refractivity contribution >= 4 is 6.03 Å². The second-order valence-corrected chi connectivity index (χ2v) is 6.37. The van der Waals surface area contributed by atoms with Gasteiger partial charge in [-0.05, 0) is 57.5 Å². The van der Waals surface area contributed by atoms with Crippen LogP contribution in [0.3, 0.4) is 0 Å². The van der Waals surface area contributed by atoms with Gasteiger partial charge in [-0.3, -0.25) is 0 Å². The number of hydrogen-bond acceptors (Lipinski definition) is 2. The summed E-state index contributed by atoms with van der Waals surface area (Å²) in [6.07, 6.45) is 3.10. The molecule has 1 saturated heterocycles. The highest BCUT2D eigenvalue weighted by Crippen LogP contribution is 2.19. The first-order valence-electron chi connectivity index (χ1n) is 8.32. The molecule has 22 heavy (non-hydrogen) atoms. The van der Waals surface area contributed by atoms with E-state index in [0.717, 1.165) is 32.4 Å². The Kier molecular flexibility index (Phi) is 5.83. The van der Waals surface area contributed by atoms with E-state index in [1.165, 1.54) is 11.1 Å². The third-order valence-corrected chi connectivity index (χ3v) is 4.80. The molecule has 0 aliphatic carbocycles. The van der Waals surface area contributed by atoms with Gasteiger partial charge in [0.2, 0.25) is 0 Å². The van der Waals surface area contributed by atoms with E-state index in [1.54, 1.807) is 0 Å². The number of benzene rings is 1. The molecule has 1 aromatic rings. The fourth-order valence-corrected chi connectivity index (χ4v) is 3.19. The molecule has 1 aliphatic heterocycles. The Morgan fingerprint density at radius 3 is 2.64 bits per heavy atom. The molecule has 0 saturated carbocycles. The molecule has 1 aromatic carbocycles. The highest BCUT2D eigenvalue weighted by Gasteiger charge is 2.25. The summed E-state index contributed by atoms with van der Waals surface area (Å²) < 4.78 is 0. The lowest BCUT2D eigenvalue weighted by atomic mass is 9.99. The first-order valence-corrected chi connectivity index (χ1v) is 8.32. The third-order valence-electron chi connectivity index (χ3n) is 4.80. The summed E-state index contributed by atoms with van der Waals surface area (Å²) in [4.78, 5) is 16.7. The Morgan fingerprint density at radius 1 is 1.36 bits per heavy atom. The third kappa shape index (κ3) is 4.01. The van der Waals surface area contributed by atoms with E-state index in [0.29, 0.717) is 6.04 Å². The second kappa shape index (κ2) is 7.63. The van der Waals surface area contributed by atoms with E-state index >= 15 is 0 Å². The molecular weight excluding hydrogens is 274 g/mol. The fraction of sp³-hybridized carbons (Fsp3) is 0.611. The van der Waals surface area contributed by atoms with Gasteiger partial charge in [-0.1, -0.05) is 31.2 Å². The normalized spacial score (nSPS) is 18.0. The molecule has 1 N–H and O–H groups in total. The van der Waals surface area contributed by atoms with E-state index in [1.807, 2.05) is 18.0 Å². The number of nitrogens with zero attached hydrogens (tertiary/aromatic N) is 2. The lowest BCUT2D eigenvalue weighted by Gasteiger charge is -2.35. The van der Waals surface area contributed by atoms with Crippen LogP contribution in [0.5, 0.6) is 0 Å². The van der Waals surface area contributed by atoms with E-state index in [2.05, 4.69) is 49.3 Å². The van der Waals surface area contributed by atoms with Crippen LogP contribution in [-0.4, -0.2) is 49.1 Å². The van der Waals surface area contributed by atoms with Crippen molar-refractivity contribution in [3.05, 3.63) is 35.4 Å². The van der Waals surface area contributed by atoms with Gasteiger partial charge in [-0.25, -0.2) is 4.79 Å². The Bertz CT molecular complexity index is 495. The monoisotopic (exact) mass is 303 g/mol. The van der Waals surface area contributed by atoms with Crippen LogP contribution in [0.15, 0.2) is 24.3 Å². The van der Waals surface area contributed by atoms with Crippen molar-refractivity contribution < 1.29 is 4.79 Å². The largest absolute Gasteiger partial charge is 0.331 e. The van der Waals surface area contributed by atoms with Crippen molar-refractivity contribution in [1.82, 2.24) is 15.1 Å². The molecule has 2 rings (SSSR count). The zero-order chi connectivity index (χ0) is 16.1. The minimum absolute atomic E-state index is 0.0351. The van der Waals surface area contributed by atoms with Crippen LogP contribution in [0.2, 0.25) is 0 Å². The summed E-state index contributed by atoms with van der Waals surface area (Å²) in [5, 5.41) is 3.15. The maximum absolute atomic E-state index is 12.5. The maximum Gasteiger partial charge on any atom is 0.317 e. The number of piperidine rings is 1. The number of nitrogens with one attached hydrogen (secondary N) is 1. The van der Waals surface area contributed by atoms with Gasteiger partial charge >= 0.3 is 6.03 Å². The first-order chi connectivity index (χ1) is 10.5. The summed E-state index contributed by atoms with van der Waals surface area (Å²) in [5.74, 6) is 0. The Balaban J connectivity index is 1.95. The van der Waals surface area contributed by atoms with Crippen molar-refractivity contribution in [2.75, 3.05) is 27.2 Å². The molecule has 2 amide bonds. The van der Waals surface area contributed by atoms with Gasteiger partial charge in [0.05, 0.1) is 6.04 Å². The van der Waals surface area contributed by atoms with Crippen LogP contribution in [0.25, 0.3) is 0 Å². The predicted octanol–water partition coefficient (Wildman–Crippen LogP) is 3.05. The standard InChI is InChI=1S/C18H29N3O/c1-5-15-8-6-7-9-17(15)14(2)19-18(22)21(4)16-10-12-20(3)13-11-16/h6-9,14,16H,5,10-13H2,1-4H3,(H,19,22). The van der Waals surface area contributed by atoms with Crippen LogP contribution < -0.4 is 5.32 Å². The second-order valence-electron chi connectivity index (χ2n) is 6.37. The van der Waals surface area contributed by atoms with Gasteiger partial charge < -0.3 is 15.1 Å². The maximum atomic E-state index is 12.5. The molecule has 4 heteroatoms. The van der Waals surface area contributed by atoms with Crippen LogP contribution in [0.1, 0.15) is 43.9 Å². The van der Waals surface area contributed by atoms with E-state index < -0.39 is 0 Å². The van der Waals surface area contributed by atoms with Crippen molar-refractivity contribution in [3.8, 4) is 0 Å². The van der Waals surface area contributed by atoms with Gasteiger partial charge in [-0.2, -0.15) is 0 Å². The van der Waals surface area contributed by atoms with Crippen LogP contribution in [0.4, 0.5) is 4.79 Å². The Hall–Kier alpha value is -1.55. The molecule has 1 aliphatic rings. The van der Waals surface area contributed by atoms with Crippen molar-refractivity contribution in [1.29, 1.82) is 0 Å². The lowest BCUT2D eigenvalue weighted by Crippen LogP contribution is -2.48. The molecule has 4 nitrogen and oxygen atoms in total. The summed E-state index contributed by atoms with van der Waals surface area (Å²) in [7, 11) is 4.06. The summed E-state index contributed by atoms with van der Waals surface area (Å²) in [5.41, 5.74) is 2.52. The molecular formula is C18H29N3O. The van der Waals surface area contributed by atoms with Crippen molar-refractivity contribution in [3.63, 3.8) is 0 Å². The highest BCUT2D eigenvalue weighted by molar-refractivity contribution is 5.74. The van der Waals surface area contributed by atoms with E-state index in [4.69, 9.17) is 0 Å². The van der Waals surface area contributed by atoms with Crippen LogP contribution in [-0.2, 0) is 6.42 Å². The van der Waals surface area contributed by atoms with Crippen molar-refractivity contribution in [2.24, 2.45) is 0 Å². The van der Waals surface area contributed by atoms with E-state index in [9.17, 15) is 4.79 Å². The number of carbonyl (C=O) groups excluding carboxylic acids is 1. The summed E-state index contributed by atoms with van der Waals surface area (Å²) >= 11 is 0. The average molecular weight is 303 g/mol. The smallest absolute Gasteiger partial charge is 0.317 e. The summed E-state index contributed by atoms with van der Waals surface area (Å²) in [6, 6.07) is 8.77. The van der Waals surface area contributed by atoms with Gasteiger partial charge in [-0.15, -0.1) is 0 Å². The van der Waals surface area contributed by atoms with E-state index in [-0.39, 0.29) is 12.1 Å². The molecule has 0 radical (unpaired) electrons. The number of carbonyl (C=O) groups is 1. The number of rotatable bonds is 4. The molecule has 122 valence electrons. The van der Waals surface area contributed by atoms with Gasteiger partial charge in [0.25, 0.3) is 0 Å². The first kappa shape index (κ1) is 16.8. The minimum atomic E-state index is 0.0351. The van der Waals surface area contributed by atoms with Crippen molar-refractivity contribution in [2.45, 2.75) is 45.2 Å². The Morgan fingerprint density at radius 2 is 2.00 bits per heavy atom. The van der Waals surface area contributed by atoms with Crippen LogP contribution >= 0.6 is 0 Å². The predicted molar refractivity (Wildman–Crippen MR) is 91.0 cm³/mol. The SMILES string of the molecule is CCc1ccccc1C(C)NC(=O)N(C)C1CCN(C)CC1. The highest BCUT2D eigenvalue weighted by atomic mass is 16.2. The number of urea groups is 1. The molecule has 1 atom stereocenters. The van der Waals surface area contributed by atoms with Gasteiger partial charge in [0.15, 0.2) is 0 Å². The Labute approximate surface area is 134 Å². The quantitative estimate of drug-likeness (QED) is 0.928. The van der Waals surface area contributed by atoms with Gasteiger partial charge in [0.1, 0.15) is 0 Å². The lowest BCUT2D eigenvalue weighted by molar-refractivity contribution is 0.146. The molecule has 1 heterocycles. The minimum Gasteiger partial charge on any atom is -0.331 e. The molecule has 1 unspecified atom stereocenters. The van der Waals surface area contributed by atoms with Crippen LogP contribution in [0, 0.1) is 0 Å². The number of hydrogen-bond donors (Lipinski definition) is 1.